The Kier molecular flexibility index (Phi) is 2.88. The van der Waals surface area contributed by atoms with E-state index in [2.05, 4.69) is 0 Å². The van der Waals surface area contributed by atoms with Crippen molar-refractivity contribution >= 4 is 17.6 Å². The van der Waals surface area contributed by atoms with Crippen molar-refractivity contribution in [3.05, 3.63) is 34.3 Å². The van der Waals surface area contributed by atoms with Crippen molar-refractivity contribution < 1.29 is 9.90 Å². The van der Waals surface area contributed by atoms with Gasteiger partial charge in [-0.05, 0) is 23.8 Å². The van der Waals surface area contributed by atoms with E-state index in [-0.39, 0.29) is 6.42 Å². The summed E-state index contributed by atoms with van der Waals surface area (Å²) in [5, 5.41) is 17.4. The van der Waals surface area contributed by atoms with E-state index in [0.717, 1.165) is 0 Å². The average Bonchev–Trinajstić information content (AvgIpc) is 2.08. The van der Waals surface area contributed by atoms with Crippen molar-refractivity contribution in [1.29, 1.82) is 5.26 Å². The summed E-state index contributed by atoms with van der Waals surface area (Å²) in [7, 11) is 0. The molecule has 3 nitrogen and oxygen atoms in total. The maximum Gasteiger partial charge on any atom is 0.307 e. The number of carboxylic acid groups (broad SMARTS) is 1. The Morgan fingerprint density at radius 3 is 2.85 bits per heavy atom. The largest absolute Gasteiger partial charge is 0.481 e. The van der Waals surface area contributed by atoms with Crippen LogP contribution in [0.2, 0.25) is 5.02 Å². The SMILES string of the molecule is N#Cc1ccc(Cl)c(CC(=O)O)c1. The van der Waals surface area contributed by atoms with E-state index in [1.165, 1.54) is 12.1 Å². The number of carboxylic acids is 1. The molecule has 4 heteroatoms. The zero-order chi connectivity index (χ0) is 9.84. The van der Waals surface area contributed by atoms with Gasteiger partial charge in [0.05, 0.1) is 18.1 Å². The molecule has 1 aromatic rings. The summed E-state index contributed by atoms with van der Waals surface area (Å²) in [6.07, 6.45) is -0.158. The quantitative estimate of drug-likeness (QED) is 0.783. The van der Waals surface area contributed by atoms with E-state index in [0.29, 0.717) is 16.1 Å². The number of benzene rings is 1. The summed E-state index contributed by atoms with van der Waals surface area (Å²) < 4.78 is 0. The van der Waals surface area contributed by atoms with Crippen LogP contribution in [0.15, 0.2) is 18.2 Å². The van der Waals surface area contributed by atoms with Crippen molar-refractivity contribution in [2.45, 2.75) is 6.42 Å². The third-order valence-electron chi connectivity index (χ3n) is 1.52. The monoisotopic (exact) mass is 195 g/mol. The van der Waals surface area contributed by atoms with Gasteiger partial charge in [0.1, 0.15) is 0 Å². The Bertz CT molecular complexity index is 382. The molecule has 66 valence electrons. The van der Waals surface area contributed by atoms with Crippen molar-refractivity contribution in [2.75, 3.05) is 0 Å². The van der Waals surface area contributed by atoms with Gasteiger partial charge in [-0.25, -0.2) is 0 Å². The molecule has 0 bridgehead atoms. The van der Waals surface area contributed by atoms with E-state index in [9.17, 15) is 4.79 Å². The second-order valence-electron chi connectivity index (χ2n) is 2.49. The van der Waals surface area contributed by atoms with E-state index in [1.54, 1.807) is 6.07 Å². The number of carbonyl (C=O) groups is 1. The molecule has 0 unspecified atom stereocenters. The lowest BCUT2D eigenvalue weighted by atomic mass is 10.1. The predicted octanol–water partition coefficient (Wildman–Crippen LogP) is 1.84. The van der Waals surface area contributed by atoms with Crippen LogP contribution in [0.5, 0.6) is 0 Å². The molecule has 1 aromatic carbocycles. The molecule has 0 saturated heterocycles. The molecule has 0 aliphatic rings. The third-order valence-corrected chi connectivity index (χ3v) is 1.89. The predicted molar refractivity (Wildman–Crippen MR) is 47.5 cm³/mol. The van der Waals surface area contributed by atoms with Crippen molar-refractivity contribution in [1.82, 2.24) is 0 Å². The fourth-order valence-corrected chi connectivity index (χ4v) is 1.13. The molecular formula is C9H6ClNO2. The molecule has 0 aliphatic heterocycles. The smallest absolute Gasteiger partial charge is 0.307 e. The van der Waals surface area contributed by atoms with Crippen LogP contribution in [0.4, 0.5) is 0 Å². The Morgan fingerprint density at radius 1 is 1.62 bits per heavy atom. The molecule has 0 aromatic heterocycles. The maximum atomic E-state index is 10.4. The zero-order valence-corrected chi connectivity index (χ0v) is 7.38. The summed E-state index contributed by atoms with van der Waals surface area (Å²) in [4.78, 5) is 10.4. The van der Waals surface area contributed by atoms with Crippen LogP contribution in [-0.2, 0) is 11.2 Å². The van der Waals surface area contributed by atoms with Gasteiger partial charge in [0, 0.05) is 5.02 Å². The summed E-state index contributed by atoms with van der Waals surface area (Å²) in [6.45, 7) is 0. The van der Waals surface area contributed by atoms with Crippen molar-refractivity contribution in [2.24, 2.45) is 0 Å². The summed E-state index contributed by atoms with van der Waals surface area (Å²) in [5.41, 5.74) is 0.883. The van der Waals surface area contributed by atoms with Crippen molar-refractivity contribution in [3.63, 3.8) is 0 Å². The van der Waals surface area contributed by atoms with Gasteiger partial charge in [-0.2, -0.15) is 5.26 Å². The van der Waals surface area contributed by atoms with Gasteiger partial charge in [0.25, 0.3) is 0 Å². The number of hydrogen-bond acceptors (Lipinski definition) is 2. The summed E-state index contributed by atoms with van der Waals surface area (Å²) in [5.74, 6) is -0.961. The van der Waals surface area contributed by atoms with E-state index in [4.69, 9.17) is 22.0 Å². The zero-order valence-electron chi connectivity index (χ0n) is 6.62. The first kappa shape index (κ1) is 9.56. The van der Waals surface area contributed by atoms with Gasteiger partial charge in [-0.15, -0.1) is 0 Å². The van der Waals surface area contributed by atoms with Crippen LogP contribution in [0, 0.1) is 11.3 Å². The first-order valence-corrected chi connectivity index (χ1v) is 3.91. The van der Waals surface area contributed by atoms with Gasteiger partial charge in [0.15, 0.2) is 0 Å². The highest BCUT2D eigenvalue weighted by Crippen LogP contribution is 2.17. The normalized spacial score (nSPS) is 9.23. The minimum Gasteiger partial charge on any atom is -0.481 e. The molecule has 0 aliphatic carbocycles. The minimum atomic E-state index is -0.961. The summed E-state index contributed by atoms with van der Waals surface area (Å²) in [6, 6.07) is 6.47. The van der Waals surface area contributed by atoms with Gasteiger partial charge >= 0.3 is 5.97 Å². The molecule has 0 amide bonds. The number of hydrogen-bond donors (Lipinski definition) is 1. The molecule has 0 saturated carbocycles. The number of nitrogens with zero attached hydrogens (tertiary/aromatic N) is 1. The van der Waals surface area contributed by atoms with Gasteiger partial charge < -0.3 is 5.11 Å². The van der Waals surface area contributed by atoms with Crippen LogP contribution < -0.4 is 0 Å². The van der Waals surface area contributed by atoms with Gasteiger partial charge in [0.2, 0.25) is 0 Å². The van der Waals surface area contributed by atoms with Crippen LogP contribution in [0.25, 0.3) is 0 Å². The Hall–Kier alpha value is -1.53. The third kappa shape index (κ3) is 2.46. The topological polar surface area (TPSA) is 61.1 Å². The van der Waals surface area contributed by atoms with Crippen LogP contribution >= 0.6 is 11.6 Å². The van der Waals surface area contributed by atoms with Gasteiger partial charge in [-0.3, -0.25) is 4.79 Å². The first-order valence-electron chi connectivity index (χ1n) is 3.54. The Labute approximate surface area is 80.2 Å². The lowest BCUT2D eigenvalue weighted by molar-refractivity contribution is -0.136. The van der Waals surface area contributed by atoms with Crippen LogP contribution in [0.1, 0.15) is 11.1 Å². The number of rotatable bonds is 2. The van der Waals surface area contributed by atoms with Crippen LogP contribution in [0.3, 0.4) is 0 Å². The number of nitriles is 1. The highest BCUT2D eigenvalue weighted by Gasteiger charge is 2.05. The highest BCUT2D eigenvalue weighted by atomic mass is 35.5. The van der Waals surface area contributed by atoms with E-state index >= 15 is 0 Å². The van der Waals surface area contributed by atoms with Gasteiger partial charge in [-0.1, -0.05) is 11.6 Å². The molecule has 0 spiro atoms. The fourth-order valence-electron chi connectivity index (χ4n) is 0.943. The molecule has 0 radical (unpaired) electrons. The molecular weight excluding hydrogens is 190 g/mol. The average molecular weight is 196 g/mol. The Morgan fingerprint density at radius 2 is 2.31 bits per heavy atom. The minimum absolute atomic E-state index is 0.158. The lowest BCUT2D eigenvalue weighted by Crippen LogP contribution is -2.00. The van der Waals surface area contributed by atoms with Crippen molar-refractivity contribution in [3.8, 4) is 6.07 Å². The molecule has 1 N–H and O–H groups in total. The second kappa shape index (κ2) is 3.92. The molecule has 0 atom stereocenters. The van der Waals surface area contributed by atoms with E-state index < -0.39 is 5.97 Å². The highest BCUT2D eigenvalue weighted by molar-refractivity contribution is 6.31. The molecule has 0 fully saturated rings. The molecule has 0 heterocycles. The molecule has 13 heavy (non-hydrogen) atoms. The molecule has 1 rings (SSSR count). The van der Waals surface area contributed by atoms with Crippen LogP contribution in [-0.4, -0.2) is 11.1 Å². The second-order valence-corrected chi connectivity index (χ2v) is 2.90. The summed E-state index contributed by atoms with van der Waals surface area (Å²) >= 11 is 5.72. The Balaban J connectivity index is 3.05. The fraction of sp³-hybridized carbons (Fsp3) is 0.111. The standard InChI is InChI=1S/C9H6ClNO2/c10-8-2-1-6(5-11)3-7(8)4-9(12)13/h1-3H,4H2,(H,12,13). The number of aliphatic carboxylic acids is 1. The maximum absolute atomic E-state index is 10.4. The number of halogens is 1. The van der Waals surface area contributed by atoms with E-state index in [1.807, 2.05) is 6.07 Å². The first-order chi connectivity index (χ1) is 6.13. The lowest BCUT2D eigenvalue weighted by Gasteiger charge is -2.00.